The van der Waals surface area contributed by atoms with Crippen LogP contribution >= 0.6 is 12.4 Å². The molecule has 21 heavy (non-hydrogen) atoms. The number of hydrogen-bond donors (Lipinski definition) is 2. The van der Waals surface area contributed by atoms with E-state index in [4.69, 9.17) is 0 Å². The van der Waals surface area contributed by atoms with Gasteiger partial charge in [-0.25, -0.2) is 4.39 Å². The highest BCUT2D eigenvalue weighted by Gasteiger charge is 2.17. The normalized spacial score (nSPS) is 16.3. The van der Waals surface area contributed by atoms with Gasteiger partial charge in [0.15, 0.2) is 0 Å². The third-order valence-corrected chi connectivity index (χ3v) is 3.76. The van der Waals surface area contributed by atoms with E-state index >= 15 is 0 Å². The molecule has 0 unspecified atom stereocenters. The smallest absolute Gasteiger partial charge is 0.225 e. The van der Waals surface area contributed by atoms with Crippen molar-refractivity contribution < 1.29 is 9.18 Å². The number of amides is 1. The Morgan fingerprint density at radius 2 is 2.10 bits per heavy atom. The molecule has 6 heteroatoms. The molecule has 1 aliphatic rings. The number of anilines is 1. The zero-order chi connectivity index (χ0) is 14.4. The van der Waals surface area contributed by atoms with Gasteiger partial charge < -0.3 is 15.5 Å². The molecule has 1 aromatic rings. The molecule has 0 aromatic heterocycles. The molecular formula is C15H23ClFN3O. The largest absolute Gasteiger partial charge is 0.326 e. The third-order valence-electron chi connectivity index (χ3n) is 3.76. The molecule has 0 spiro atoms. The van der Waals surface area contributed by atoms with Gasteiger partial charge in [0.05, 0.1) is 0 Å². The first-order valence-electron chi connectivity index (χ1n) is 7.12. The van der Waals surface area contributed by atoms with Crippen molar-refractivity contribution in [2.24, 2.45) is 0 Å². The lowest BCUT2D eigenvalue weighted by Gasteiger charge is -2.31. The van der Waals surface area contributed by atoms with Crippen LogP contribution < -0.4 is 10.6 Å². The highest BCUT2D eigenvalue weighted by molar-refractivity contribution is 5.90. The second-order valence-electron chi connectivity index (χ2n) is 5.21. The van der Waals surface area contributed by atoms with Gasteiger partial charge in [-0.3, -0.25) is 4.79 Å². The fourth-order valence-electron chi connectivity index (χ4n) is 2.49. The van der Waals surface area contributed by atoms with Crippen molar-refractivity contribution in [1.29, 1.82) is 0 Å². The van der Waals surface area contributed by atoms with Crippen molar-refractivity contribution in [2.45, 2.75) is 25.3 Å². The van der Waals surface area contributed by atoms with Gasteiger partial charge in [0.25, 0.3) is 0 Å². The summed E-state index contributed by atoms with van der Waals surface area (Å²) in [5.74, 6) is -0.400. The molecule has 0 aliphatic carbocycles. The van der Waals surface area contributed by atoms with Crippen LogP contribution in [-0.2, 0) is 4.79 Å². The molecule has 1 saturated heterocycles. The summed E-state index contributed by atoms with van der Waals surface area (Å²) >= 11 is 0. The molecule has 1 fully saturated rings. The lowest BCUT2D eigenvalue weighted by molar-refractivity contribution is -0.116. The minimum Gasteiger partial charge on any atom is -0.326 e. The maximum Gasteiger partial charge on any atom is 0.225 e. The molecule has 1 aliphatic heterocycles. The van der Waals surface area contributed by atoms with E-state index in [0.29, 0.717) is 18.2 Å². The van der Waals surface area contributed by atoms with Crippen LogP contribution in [0.1, 0.15) is 19.3 Å². The number of likely N-dealkylation sites (tertiary alicyclic amines) is 1. The topological polar surface area (TPSA) is 44.4 Å². The van der Waals surface area contributed by atoms with Crippen molar-refractivity contribution in [3.8, 4) is 0 Å². The minimum atomic E-state index is -0.336. The standard InChI is InChI=1S/C15H22FN3O.ClH/c1-17-13-5-8-19(9-6-13)10-7-15(20)18-14-4-2-3-12(16)11-14;/h2-4,11,13,17H,5-10H2,1H3,(H,18,20);1H. The van der Waals surface area contributed by atoms with Gasteiger partial charge in [0.2, 0.25) is 5.91 Å². The van der Waals surface area contributed by atoms with Gasteiger partial charge >= 0.3 is 0 Å². The van der Waals surface area contributed by atoms with Gasteiger partial charge in [0, 0.05) is 24.7 Å². The maximum atomic E-state index is 13.0. The first kappa shape index (κ1) is 17.9. The summed E-state index contributed by atoms with van der Waals surface area (Å²) in [6.45, 7) is 2.81. The molecule has 118 valence electrons. The highest BCUT2D eigenvalue weighted by atomic mass is 35.5. The Hall–Kier alpha value is -1.17. The molecule has 0 saturated carbocycles. The Kier molecular flexibility index (Phi) is 7.64. The minimum absolute atomic E-state index is 0. The molecule has 0 atom stereocenters. The van der Waals surface area contributed by atoms with Crippen LogP contribution in [0.2, 0.25) is 0 Å². The lowest BCUT2D eigenvalue weighted by atomic mass is 10.1. The molecule has 2 N–H and O–H groups in total. The molecule has 1 amide bonds. The van der Waals surface area contributed by atoms with E-state index in [1.807, 2.05) is 7.05 Å². The van der Waals surface area contributed by atoms with E-state index in [9.17, 15) is 9.18 Å². The fraction of sp³-hybridized carbons (Fsp3) is 0.533. The van der Waals surface area contributed by atoms with E-state index in [1.54, 1.807) is 12.1 Å². The highest BCUT2D eigenvalue weighted by Crippen LogP contribution is 2.12. The van der Waals surface area contributed by atoms with Crippen molar-refractivity contribution in [3.05, 3.63) is 30.1 Å². The second kappa shape index (κ2) is 8.97. The molecule has 1 aromatic carbocycles. The quantitative estimate of drug-likeness (QED) is 0.876. The van der Waals surface area contributed by atoms with Crippen LogP contribution in [0.3, 0.4) is 0 Å². The van der Waals surface area contributed by atoms with E-state index in [0.717, 1.165) is 32.5 Å². The van der Waals surface area contributed by atoms with Gasteiger partial charge in [-0.15, -0.1) is 12.4 Å². The van der Waals surface area contributed by atoms with Crippen molar-refractivity contribution in [2.75, 3.05) is 32.0 Å². The number of piperidine rings is 1. The van der Waals surface area contributed by atoms with Crippen molar-refractivity contribution >= 4 is 24.0 Å². The lowest BCUT2D eigenvalue weighted by Crippen LogP contribution is -2.42. The van der Waals surface area contributed by atoms with Crippen molar-refractivity contribution in [3.63, 3.8) is 0 Å². The van der Waals surface area contributed by atoms with Gasteiger partial charge in [-0.1, -0.05) is 6.07 Å². The fourth-order valence-corrected chi connectivity index (χ4v) is 2.49. The Morgan fingerprint density at radius 1 is 1.38 bits per heavy atom. The number of carbonyl (C=O) groups excluding carboxylic acids is 1. The number of halogens is 2. The number of carbonyl (C=O) groups is 1. The Morgan fingerprint density at radius 3 is 2.71 bits per heavy atom. The van der Waals surface area contributed by atoms with E-state index in [1.165, 1.54) is 12.1 Å². The number of rotatable bonds is 5. The van der Waals surface area contributed by atoms with E-state index in [2.05, 4.69) is 15.5 Å². The molecule has 0 radical (unpaired) electrons. The van der Waals surface area contributed by atoms with Crippen LogP contribution in [0, 0.1) is 5.82 Å². The third kappa shape index (κ3) is 5.99. The number of nitrogens with zero attached hydrogens (tertiary/aromatic N) is 1. The van der Waals surface area contributed by atoms with Gasteiger partial charge in [0.1, 0.15) is 5.82 Å². The van der Waals surface area contributed by atoms with Crippen molar-refractivity contribution in [1.82, 2.24) is 10.2 Å². The predicted octanol–water partition coefficient (Wildman–Crippen LogP) is 2.26. The predicted molar refractivity (Wildman–Crippen MR) is 85.4 cm³/mol. The molecule has 2 rings (SSSR count). The summed E-state index contributed by atoms with van der Waals surface area (Å²) in [5.41, 5.74) is 0.517. The van der Waals surface area contributed by atoms with E-state index < -0.39 is 0 Å². The SMILES string of the molecule is CNC1CCN(CCC(=O)Nc2cccc(F)c2)CC1.Cl. The molecule has 0 bridgehead atoms. The summed E-state index contributed by atoms with van der Waals surface area (Å²) in [7, 11) is 1.99. The first-order chi connectivity index (χ1) is 9.67. The van der Waals surface area contributed by atoms with Crippen LogP contribution in [0.15, 0.2) is 24.3 Å². The van der Waals surface area contributed by atoms with Gasteiger partial charge in [-0.2, -0.15) is 0 Å². The van der Waals surface area contributed by atoms with Crippen LogP contribution in [0.25, 0.3) is 0 Å². The zero-order valence-corrected chi connectivity index (χ0v) is 13.1. The second-order valence-corrected chi connectivity index (χ2v) is 5.21. The zero-order valence-electron chi connectivity index (χ0n) is 12.3. The first-order valence-corrected chi connectivity index (χ1v) is 7.12. The summed E-state index contributed by atoms with van der Waals surface area (Å²) < 4.78 is 13.0. The van der Waals surface area contributed by atoms with Crippen LogP contribution in [0.4, 0.5) is 10.1 Å². The average Bonchev–Trinajstić information content (AvgIpc) is 2.46. The molecule has 1 heterocycles. The van der Waals surface area contributed by atoms with Crippen LogP contribution in [-0.4, -0.2) is 43.5 Å². The summed E-state index contributed by atoms with van der Waals surface area (Å²) in [5, 5.41) is 6.01. The summed E-state index contributed by atoms with van der Waals surface area (Å²) in [4.78, 5) is 14.1. The number of benzene rings is 1. The molecule has 4 nitrogen and oxygen atoms in total. The average molecular weight is 316 g/mol. The summed E-state index contributed by atoms with van der Waals surface area (Å²) in [6.07, 6.45) is 2.70. The Bertz CT molecular complexity index is 450. The monoisotopic (exact) mass is 315 g/mol. The number of hydrogen-bond acceptors (Lipinski definition) is 3. The Balaban J connectivity index is 0.00000220. The summed E-state index contributed by atoms with van der Waals surface area (Å²) in [6, 6.07) is 6.58. The van der Waals surface area contributed by atoms with Crippen LogP contribution in [0.5, 0.6) is 0 Å². The Labute approximate surface area is 131 Å². The van der Waals surface area contributed by atoms with Gasteiger partial charge in [-0.05, 0) is 51.2 Å². The molecular weight excluding hydrogens is 293 g/mol. The maximum absolute atomic E-state index is 13.0. The number of nitrogens with one attached hydrogen (secondary N) is 2. The van der Waals surface area contributed by atoms with E-state index in [-0.39, 0.29) is 24.1 Å².